The molecule has 4 rings (SSSR count). The smallest absolute Gasteiger partial charge is 0.358 e. The van der Waals surface area contributed by atoms with Crippen LogP contribution < -0.4 is 15.0 Å². The van der Waals surface area contributed by atoms with Gasteiger partial charge in [-0.25, -0.2) is 9.78 Å². The summed E-state index contributed by atoms with van der Waals surface area (Å²) in [7, 11) is 2.80. The third kappa shape index (κ3) is 4.64. The molecule has 3 heterocycles. The van der Waals surface area contributed by atoms with Crippen LogP contribution in [0.5, 0.6) is 5.75 Å². The number of methoxy groups -OCH3 is 2. The van der Waals surface area contributed by atoms with E-state index in [2.05, 4.69) is 39.1 Å². The summed E-state index contributed by atoms with van der Waals surface area (Å²) in [6, 6.07) is 12.8. The molecule has 0 bridgehead atoms. The third-order valence-electron chi connectivity index (χ3n) is 6.12. The highest BCUT2D eigenvalue weighted by atomic mass is 35.5. The lowest BCUT2D eigenvalue weighted by Crippen LogP contribution is -2.65. The quantitative estimate of drug-likeness (QED) is 0.389. The highest BCUT2D eigenvalue weighted by Gasteiger charge is 2.52. The average Bonchev–Trinajstić information content (AvgIpc) is 2.84. The molecule has 1 aromatic carbocycles. The van der Waals surface area contributed by atoms with Gasteiger partial charge in [-0.05, 0) is 29.2 Å². The number of hydrogen-bond donors (Lipinski definition) is 1. The number of nitrogens with zero attached hydrogens (tertiary/aromatic N) is 4. The van der Waals surface area contributed by atoms with E-state index in [0.717, 1.165) is 11.1 Å². The number of rotatable bonds is 7. The summed E-state index contributed by atoms with van der Waals surface area (Å²) in [5.74, 6) is 0.455. The number of nitrogens with one attached hydrogen (secondary N) is 1. The van der Waals surface area contributed by atoms with E-state index >= 15 is 0 Å². The van der Waals surface area contributed by atoms with Crippen LogP contribution in [0.15, 0.2) is 48.7 Å². The first-order valence-electron chi connectivity index (χ1n) is 11.1. The molecule has 1 saturated heterocycles. The molecule has 1 fully saturated rings. The van der Waals surface area contributed by atoms with E-state index in [9.17, 15) is 9.59 Å². The van der Waals surface area contributed by atoms with E-state index in [1.807, 2.05) is 29.2 Å². The van der Waals surface area contributed by atoms with Crippen LogP contribution in [0, 0.1) is 0 Å². The summed E-state index contributed by atoms with van der Waals surface area (Å²) < 4.78 is 10.1. The lowest BCUT2D eigenvalue weighted by Gasteiger charge is -2.50. The van der Waals surface area contributed by atoms with E-state index < -0.39 is 11.4 Å². The van der Waals surface area contributed by atoms with Crippen LogP contribution in [0.3, 0.4) is 0 Å². The fourth-order valence-corrected chi connectivity index (χ4v) is 4.41. The first-order valence-corrected chi connectivity index (χ1v) is 11.4. The molecule has 0 radical (unpaired) electrons. The first kappa shape index (κ1) is 24.4. The SMILES string of the molecule is COC(=O)c1ccc(N2CC(C(=O)Nc3cnc(Cl)cc3OC)(c3ccccc3C(C)C)C2)nn1. The molecule has 1 aliphatic rings. The van der Waals surface area contributed by atoms with Gasteiger partial charge in [0.2, 0.25) is 5.91 Å². The van der Waals surface area contributed by atoms with Gasteiger partial charge in [0, 0.05) is 19.2 Å². The molecule has 35 heavy (non-hydrogen) atoms. The number of amides is 1. The Morgan fingerprint density at radius 2 is 1.86 bits per heavy atom. The van der Waals surface area contributed by atoms with Crippen molar-refractivity contribution in [3.8, 4) is 5.75 Å². The minimum absolute atomic E-state index is 0.119. The van der Waals surface area contributed by atoms with E-state index in [0.29, 0.717) is 30.3 Å². The van der Waals surface area contributed by atoms with Crippen molar-refractivity contribution in [3.63, 3.8) is 0 Å². The molecule has 0 unspecified atom stereocenters. The summed E-state index contributed by atoms with van der Waals surface area (Å²) in [4.78, 5) is 31.6. The predicted octanol–water partition coefficient (Wildman–Crippen LogP) is 3.84. The van der Waals surface area contributed by atoms with Crippen LogP contribution in [0.25, 0.3) is 0 Å². The summed E-state index contributed by atoms with van der Waals surface area (Å²) in [5, 5.41) is 11.4. The number of benzene rings is 1. The highest BCUT2D eigenvalue weighted by molar-refractivity contribution is 6.29. The van der Waals surface area contributed by atoms with Crippen molar-refractivity contribution < 1.29 is 19.1 Å². The van der Waals surface area contributed by atoms with E-state index in [4.69, 9.17) is 16.3 Å². The van der Waals surface area contributed by atoms with Crippen LogP contribution in [-0.4, -0.2) is 54.4 Å². The second-order valence-corrected chi connectivity index (χ2v) is 9.00. The lowest BCUT2D eigenvalue weighted by atomic mass is 9.69. The van der Waals surface area contributed by atoms with Crippen molar-refractivity contribution in [2.45, 2.75) is 25.2 Å². The van der Waals surface area contributed by atoms with E-state index in [1.165, 1.54) is 20.4 Å². The molecule has 1 amide bonds. The van der Waals surface area contributed by atoms with Gasteiger partial charge in [0.1, 0.15) is 22.0 Å². The standard InChI is InChI=1S/C25H26ClN5O4/c1-15(2)16-7-5-6-8-17(16)25(24(33)28-19-12-27-21(26)11-20(19)34-3)13-31(14-25)22-10-9-18(29-30-22)23(32)35-4/h5-12,15H,13-14H2,1-4H3,(H,28,33). The number of aromatic nitrogens is 3. The number of carbonyl (C=O) groups is 2. The minimum atomic E-state index is -0.853. The van der Waals surface area contributed by atoms with Crippen LogP contribution in [0.4, 0.5) is 11.5 Å². The monoisotopic (exact) mass is 495 g/mol. The molecular weight excluding hydrogens is 470 g/mol. The number of anilines is 2. The maximum absolute atomic E-state index is 13.9. The lowest BCUT2D eigenvalue weighted by molar-refractivity contribution is -0.122. The van der Waals surface area contributed by atoms with Gasteiger partial charge in [-0.3, -0.25) is 4.79 Å². The second kappa shape index (κ2) is 9.87. The Morgan fingerprint density at radius 3 is 2.49 bits per heavy atom. The molecule has 0 saturated carbocycles. The maximum Gasteiger partial charge on any atom is 0.358 e. The van der Waals surface area contributed by atoms with Crippen LogP contribution >= 0.6 is 11.6 Å². The van der Waals surface area contributed by atoms with Crippen LogP contribution in [0.2, 0.25) is 5.15 Å². The molecule has 2 aromatic heterocycles. The second-order valence-electron chi connectivity index (χ2n) is 8.61. The number of carbonyl (C=O) groups excluding carboxylic acids is 2. The van der Waals surface area contributed by atoms with Gasteiger partial charge in [-0.15, -0.1) is 10.2 Å². The van der Waals surface area contributed by atoms with Crippen LogP contribution in [-0.2, 0) is 14.9 Å². The topological polar surface area (TPSA) is 107 Å². The van der Waals surface area contributed by atoms with Crippen molar-refractivity contribution in [3.05, 3.63) is 70.6 Å². The van der Waals surface area contributed by atoms with Gasteiger partial charge in [-0.1, -0.05) is 49.7 Å². The normalized spacial score (nSPS) is 14.3. The molecule has 0 aliphatic carbocycles. The fourth-order valence-electron chi connectivity index (χ4n) is 4.26. The fraction of sp³-hybridized carbons (Fsp3) is 0.320. The molecule has 0 atom stereocenters. The molecule has 3 aromatic rings. The highest BCUT2D eigenvalue weighted by Crippen LogP contribution is 2.42. The zero-order valence-corrected chi connectivity index (χ0v) is 20.7. The molecule has 1 N–H and O–H groups in total. The number of pyridine rings is 1. The summed E-state index contributed by atoms with van der Waals surface area (Å²) in [6.45, 7) is 4.95. The van der Waals surface area contributed by atoms with E-state index in [-0.39, 0.29) is 22.7 Å². The molecule has 0 spiro atoms. The first-order chi connectivity index (χ1) is 16.8. The minimum Gasteiger partial charge on any atom is -0.494 e. The number of halogens is 1. The zero-order chi connectivity index (χ0) is 25.2. The molecule has 1 aliphatic heterocycles. The molecule has 10 heteroatoms. The summed E-state index contributed by atoms with van der Waals surface area (Å²) in [5.41, 5.74) is 1.74. The predicted molar refractivity (Wildman–Crippen MR) is 132 cm³/mol. The average molecular weight is 496 g/mol. The third-order valence-corrected chi connectivity index (χ3v) is 6.33. The Kier molecular flexibility index (Phi) is 6.88. The van der Waals surface area contributed by atoms with Crippen molar-refractivity contribution in [1.29, 1.82) is 0 Å². The van der Waals surface area contributed by atoms with E-state index in [1.54, 1.807) is 18.2 Å². The van der Waals surface area contributed by atoms with Gasteiger partial charge in [0.05, 0.1) is 20.4 Å². The van der Waals surface area contributed by atoms with Gasteiger partial charge >= 0.3 is 5.97 Å². The van der Waals surface area contributed by atoms with Crippen LogP contribution in [0.1, 0.15) is 41.4 Å². The Hall–Kier alpha value is -3.72. The Morgan fingerprint density at radius 1 is 1.11 bits per heavy atom. The Bertz CT molecular complexity index is 1240. The summed E-state index contributed by atoms with van der Waals surface area (Å²) >= 11 is 5.99. The van der Waals surface area contributed by atoms with Gasteiger partial charge < -0.3 is 19.7 Å². The van der Waals surface area contributed by atoms with Crippen molar-refractivity contribution in [2.75, 3.05) is 37.5 Å². The van der Waals surface area contributed by atoms with Crippen molar-refractivity contribution in [2.24, 2.45) is 0 Å². The zero-order valence-electron chi connectivity index (χ0n) is 19.9. The Labute approximate surface area is 208 Å². The number of ether oxygens (including phenoxy) is 2. The molecule has 182 valence electrons. The largest absolute Gasteiger partial charge is 0.494 e. The molecule has 9 nitrogen and oxygen atoms in total. The van der Waals surface area contributed by atoms with Crippen molar-refractivity contribution >= 4 is 35.0 Å². The Balaban J connectivity index is 1.68. The van der Waals surface area contributed by atoms with Crippen molar-refractivity contribution in [1.82, 2.24) is 15.2 Å². The number of esters is 1. The van der Waals surface area contributed by atoms with Gasteiger partial charge in [0.15, 0.2) is 11.5 Å². The summed E-state index contributed by atoms with van der Waals surface area (Å²) in [6.07, 6.45) is 1.48. The maximum atomic E-state index is 13.9. The number of hydrogen-bond acceptors (Lipinski definition) is 8. The van der Waals surface area contributed by atoms with Gasteiger partial charge in [-0.2, -0.15) is 0 Å². The van der Waals surface area contributed by atoms with Gasteiger partial charge in [0.25, 0.3) is 0 Å². The molecular formula is C25H26ClN5O4.